The molecule has 1 aromatic heterocycles. The average molecular weight is 205 g/mol. The van der Waals surface area contributed by atoms with E-state index in [9.17, 15) is 14.9 Å². The Labute approximate surface area is 85.3 Å². The summed E-state index contributed by atoms with van der Waals surface area (Å²) in [4.78, 5) is 24.0. The van der Waals surface area contributed by atoms with Crippen molar-refractivity contribution >= 4 is 11.6 Å². The Morgan fingerprint density at radius 3 is 2.80 bits per heavy atom. The molecule has 6 nitrogen and oxygen atoms in total. The van der Waals surface area contributed by atoms with E-state index in [2.05, 4.69) is 16.8 Å². The SMILES string of the molecule is Cc1cc(C#CC(N)=O)ncc1[N+](=O)[O-]. The van der Waals surface area contributed by atoms with Crippen LogP contribution in [0.15, 0.2) is 12.3 Å². The molecule has 1 amide bonds. The molecule has 76 valence electrons. The molecule has 0 saturated heterocycles. The highest BCUT2D eigenvalue weighted by Gasteiger charge is 2.10. The summed E-state index contributed by atoms with van der Waals surface area (Å²) < 4.78 is 0. The molecule has 6 heteroatoms. The van der Waals surface area contributed by atoms with Gasteiger partial charge in [-0.2, -0.15) is 0 Å². The zero-order chi connectivity index (χ0) is 11.4. The third-order valence-electron chi connectivity index (χ3n) is 1.59. The molecule has 1 aromatic rings. The second-order valence-electron chi connectivity index (χ2n) is 2.73. The summed E-state index contributed by atoms with van der Waals surface area (Å²) in [5.41, 5.74) is 5.43. The van der Waals surface area contributed by atoms with Gasteiger partial charge < -0.3 is 5.73 Å². The molecule has 0 aliphatic carbocycles. The summed E-state index contributed by atoms with van der Waals surface area (Å²) in [6.07, 6.45) is 1.10. The van der Waals surface area contributed by atoms with Crippen molar-refractivity contribution in [2.45, 2.75) is 6.92 Å². The molecule has 2 N–H and O–H groups in total. The van der Waals surface area contributed by atoms with Gasteiger partial charge in [0.25, 0.3) is 11.6 Å². The molecule has 15 heavy (non-hydrogen) atoms. The number of rotatable bonds is 1. The van der Waals surface area contributed by atoms with E-state index in [-0.39, 0.29) is 11.4 Å². The maximum atomic E-state index is 10.5. The number of amides is 1. The number of primary amides is 1. The summed E-state index contributed by atoms with van der Waals surface area (Å²) in [5.74, 6) is 3.72. The summed E-state index contributed by atoms with van der Waals surface area (Å²) in [6, 6.07) is 1.42. The Morgan fingerprint density at radius 1 is 1.67 bits per heavy atom. The van der Waals surface area contributed by atoms with Crippen molar-refractivity contribution in [1.82, 2.24) is 4.98 Å². The molecule has 0 unspecified atom stereocenters. The normalized spacial score (nSPS) is 8.87. The van der Waals surface area contributed by atoms with Gasteiger partial charge in [0.2, 0.25) is 0 Å². The highest BCUT2D eigenvalue weighted by Crippen LogP contribution is 2.15. The number of pyridine rings is 1. The third-order valence-corrected chi connectivity index (χ3v) is 1.59. The smallest absolute Gasteiger partial charge is 0.293 e. The minimum Gasteiger partial charge on any atom is -0.359 e. The molecule has 0 aromatic carbocycles. The van der Waals surface area contributed by atoms with Gasteiger partial charge in [0.05, 0.1) is 4.92 Å². The highest BCUT2D eigenvalue weighted by molar-refractivity contribution is 5.92. The molecule has 0 atom stereocenters. The molecule has 0 aliphatic heterocycles. The molecule has 0 fully saturated rings. The molecule has 0 spiro atoms. The van der Waals surface area contributed by atoms with Crippen LogP contribution >= 0.6 is 0 Å². The van der Waals surface area contributed by atoms with E-state index < -0.39 is 10.8 Å². The standard InChI is InChI=1S/C9H7N3O3/c1-6-4-7(2-3-9(10)13)11-5-8(6)12(14)15/h4-5H,1H3,(H2,10,13). The summed E-state index contributed by atoms with van der Waals surface area (Å²) >= 11 is 0. The van der Waals surface area contributed by atoms with Gasteiger partial charge in [-0.15, -0.1) is 0 Å². The zero-order valence-electron chi connectivity index (χ0n) is 7.85. The van der Waals surface area contributed by atoms with Crippen LogP contribution < -0.4 is 5.73 Å². The number of nitrogens with two attached hydrogens (primary N) is 1. The van der Waals surface area contributed by atoms with E-state index in [0.29, 0.717) is 5.56 Å². The predicted octanol–water partition coefficient (Wildman–Crippen LogP) is 0.135. The van der Waals surface area contributed by atoms with Gasteiger partial charge in [-0.25, -0.2) is 4.98 Å². The number of aromatic nitrogens is 1. The second kappa shape index (κ2) is 4.19. The van der Waals surface area contributed by atoms with Crippen molar-refractivity contribution in [3.8, 4) is 11.8 Å². The van der Waals surface area contributed by atoms with E-state index in [0.717, 1.165) is 6.20 Å². The van der Waals surface area contributed by atoms with Gasteiger partial charge in [-0.05, 0) is 18.9 Å². The Morgan fingerprint density at radius 2 is 2.33 bits per heavy atom. The Bertz CT molecular complexity index is 485. The van der Waals surface area contributed by atoms with Gasteiger partial charge in [0.15, 0.2) is 0 Å². The quantitative estimate of drug-likeness (QED) is 0.400. The minimum absolute atomic E-state index is 0.0837. The number of carbonyl (C=O) groups excluding carboxylic acids is 1. The first-order valence-electron chi connectivity index (χ1n) is 3.93. The monoisotopic (exact) mass is 205 g/mol. The van der Waals surface area contributed by atoms with Crippen molar-refractivity contribution in [1.29, 1.82) is 0 Å². The number of carbonyl (C=O) groups is 1. The van der Waals surface area contributed by atoms with E-state index in [1.165, 1.54) is 6.07 Å². The molecule has 0 aliphatic rings. The van der Waals surface area contributed by atoms with Crippen LogP contribution in [0.1, 0.15) is 11.3 Å². The van der Waals surface area contributed by atoms with E-state index in [1.807, 2.05) is 0 Å². The van der Waals surface area contributed by atoms with Crippen LogP contribution in [-0.2, 0) is 4.79 Å². The molecule has 0 saturated carbocycles. The van der Waals surface area contributed by atoms with Gasteiger partial charge in [0.1, 0.15) is 11.9 Å². The van der Waals surface area contributed by atoms with Gasteiger partial charge >= 0.3 is 0 Å². The van der Waals surface area contributed by atoms with Crippen molar-refractivity contribution in [3.63, 3.8) is 0 Å². The van der Waals surface area contributed by atoms with Crippen molar-refractivity contribution in [2.75, 3.05) is 0 Å². The van der Waals surface area contributed by atoms with E-state index in [4.69, 9.17) is 5.73 Å². The molecule has 1 rings (SSSR count). The van der Waals surface area contributed by atoms with Crippen LogP contribution in [0.5, 0.6) is 0 Å². The molecular formula is C9H7N3O3. The number of hydrogen-bond acceptors (Lipinski definition) is 4. The second-order valence-corrected chi connectivity index (χ2v) is 2.73. The van der Waals surface area contributed by atoms with Gasteiger partial charge in [-0.1, -0.05) is 0 Å². The summed E-state index contributed by atoms with van der Waals surface area (Å²) in [5, 5.41) is 10.5. The highest BCUT2D eigenvalue weighted by atomic mass is 16.6. The Balaban J connectivity index is 3.09. The first-order chi connectivity index (χ1) is 7.00. The molecular weight excluding hydrogens is 198 g/mol. The molecule has 0 bridgehead atoms. The Kier molecular flexibility index (Phi) is 2.98. The minimum atomic E-state index is -0.771. The number of nitrogens with zero attached hydrogens (tertiary/aromatic N) is 2. The van der Waals surface area contributed by atoms with Crippen LogP contribution in [0.4, 0.5) is 5.69 Å². The number of hydrogen-bond donors (Lipinski definition) is 1. The fourth-order valence-corrected chi connectivity index (χ4v) is 0.934. The molecule has 0 radical (unpaired) electrons. The lowest BCUT2D eigenvalue weighted by molar-refractivity contribution is -0.385. The number of aryl methyl sites for hydroxylation is 1. The van der Waals surface area contributed by atoms with E-state index in [1.54, 1.807) is 6.92 Å². The van der Waals surface area contributed by atoms with E-state index >= 15 is 0 Å². The van der Waals surface area contributed by atoms with Crippen LogP contribution in [0.2, 0.25) is 0 Å². The maximum Gasteiger partial charge on any atom is 0.293 e. The van der Waals surface area contributed by atoms with Crippen LogP contribution in [-0.4, -0.2) is 15.8 Å². The zero-order valence-corrected chi connectivity index (χ0v) is 7.85. The first kappa shape index (κ1) is 10.7. The lowest BCUT2D eigenvalue weighted by Gasteiger charge is -1.95. The lowest BCUT2D eigenvalue weighted by atomic mass is 10.2. The van der Waals surface area contributed by atoms with Crippen LogP contribution in [0.3, 0.4) is 0 Å². The lowest BCUT2D eigenvalue weighted by Crippen LogP contribution is -2.06. The van der Waals surface area contributed by atoms with Crippen molar-refractivity contribution in [2.24, 2.45) is 5.73 Å². The van der Waals surface area contributed by atoms with Crippen LogP contribution in [0, 0.1) is 28.9 Å². The van der Waals surface area contributed by atoms with Gasteiger partial charge in [0, 0.05) is 11.5 Å². The Hall–Kier alpha value is -2.42. The third kappa shape index (κ3) is 2.77. The summed E-state index contributed by atoms with van der Waals surface area (Å²) in [6.45, 7) is 1.56. The maximum absolute atomic E-state index is 10.5. The van der Waals surface area contributed by atoms with Crippen LogP contribution in [0.25, 0.3) is 0 Å². The first-order valence-corrected chi connectivity index (χ1v) is 3.93. The number of nitro groups is 1. The van der Waals surface area contributed by atoms with Crippen molar-refractivity contribution < 1.29 is 9.72 Å². The fraction of sp³-hybridized carbons (Fsp3) is 0.111. The van der Waals surface area contributed by atoms with Crippen molar-refractivity contribution in [3.05, 3.63) is 33.6 Å². The topological polar surface area (TPSA) is 99.1 Å². The summed E-state index contributed by atoms with van der Waals surface area (Å²) in [7, 11) is 0. The van der Waals surface area contributed by atoms with Gasteiger partial charge in [-0.3, -0.25) is 14.9 Å². The average Bonchev–Trinajstić information content (AvgIpc) is 2.14. The fourth-order valence-electron chi connectivity index (χ4n) is 0.934. The molecule has 1 heterocycles. The largest absolute Gasteiger partial charge is 0.359 e. The predicted molar refractivity (Wildman–Crippen MR) is 51.7 cm³/mol.